The van der Waals surface area contributed by atoms with Crippen molar-refractivity contribution in [3.63, 3.8) is 0 Å². The van der Waals surface area contributed by atoms with Crippen LogP contribution in [0.15, 0.2) is 271 Å². The highest BCUT2D eigenvalue weighted by Crippen LogP contribution is 2.43. The predicted molar refractivity (Wildman–Crippen MR) is 299 cm³/mol. The zero-order valence-electron chi connectivity index (χ0n) is 38.7. The number of hydrogen-bond acceptors (Lipinski definition) is 2. The molecule has 0 saturated carbocycles. The number of hydrogen-bond donors (Lipinski definition) is 0. The molecule has 0 N–H and O–H groups in total. The molecule has 12 aromatic carbocycles. The van der Waals surface area contributed by atoms with Crippen molar-refractivity contribution in [2.45, 2.75) is 0 Å². The van der Waals surface area contributed by atoms with Gasteiger partial charge in [-0.15, -0.1) is 0 Å². The summed E-state index contributed by atoms with van der Waals surface area (Å²) in [6, 6.07) is 96.6. The number of fused-ring (bicyclic) bond motifs is 9. The molecule has 2 aromatic heterocycles. The van der Waals surface area contributed by atoms with Gasteiger partial charge in [-0.3, -0.25) is 0 Å². The lowest BCUT2D eigenvalue weighted by molar-refractivity contribution is 0.670. The van der Waals surface area contributed by atoms with E-state index in [1.54, 1.807) is 0 Å². The zero-order chi connectivity index (χ0) is 46.8. The zero-order valence-corrected chi connectivity index (χ0v) is 38.7. The van der Waals surface area contributed by atoms with E-state index in [2.05, 4.69) is 264 Å². The van der Waals surface area contributed by atoms with Gasteiger partial charge < -0.3 is 13.9 Å². The van der Waals surface area contributed by atoms with Gasteiger partial charge in [-0.25, -0.2) is 0 Å². The van der Waals surface area contributed by atoms with Crippen LogP contribution in [-0.2, 0) is 0 Å². The third-order valence-electron chi connectivity index (χ3n) is 14.4. The first-order valence-electron chi connectivity index (χ1n) is 24.3. The molecule has 0 unspecified atom stereocenters. The van der Waals surface area contributed by atoms with Gasteiger partial charge in [0.1, 0.15) is 11.2 Å². The van der Waals surface area contributed by atoms with Crippen molar-refractivity contribution < 1.29 is 4.42 Å². The summed E-state index contributed by atoms with van der Waals surface area (Å²) < 4.78 is 8.93. The summed E-state index contributed by atoms with van der Waals surface area (Å²) >= 11 is 0. The molecule has 0 spiro atoms. The van der Waals surface area contributed by atoms with Gasteiger partial charge in [-0.05, 0) is 116 Å². The van der Waals surface area contributed by atoms with Crippen molar-refractivity contribution in [2.75, 3.05) is 4.90 Å². The summed E-state index contributed by atoms with van der Waals surface area (Å²) in [6.07, 6.45) is 0. The van der Waals surface area contributed by atoms with Crippen LogP contribution in [0.2, 0.25) is 0 Å². The van der Waals surface area contributed by atoms with Crippen molar-refractivity contribution in [3.05, 3.63) is 267 Å². The first kappa shape index (κ1) is 40.6. The smallest absolute Gasteiger partial charge is 0.143 e. The lowest BCUT2D eigenvalue weighted by Crippen LogP contribution is -2.09. The number of para-hydroxylation sites is 5. The molecule has 0 aliphatic carbocycles. The van der Waals surface area contributed by atoms with Crippen LogP contribution in [0, 0.1) is 0 Å². The average Bonchev–Trinajstić information content (AvgIpc) is 4.00. The second-order valence-corrected chi connectivity index (χ2v) is 18.4. The molecule has 14 rings (SSSR count). The molecule has 0 radical (unpaired) electrons. The maximum atomic E-state index is 6.52. The first-order valence-corrected chi connectivity index (χ1v) is 24.3. The van der Waals surface area contributed by atoms with Crippen molar-refractivity contribution in [3.8, 4) is 50.2 Å². The van der Waals surface area contributed by atoms with Crippen LogP contribution in [0.1, 0.15) is 0 Å². The minimum absolute atomic E-state index is 0.901. The number of benzene rings is 12. The van der Waals surface area contributed by atoms with Gasteiger partial charge in [0.2, 0.25) is 0 Å². The molecular formula is C68H44N2O. The van der Waals surface area contributed by atoms with E-state index in [0.717, 1.165) is 66.8 Å². The SMILES string of the molecule is c1ccc(-c2cccc3c2oc2ccccc23)c(-c2ccc(N(c3ccc(-c4ccc(-c5ccccc5-n5c6ccccc6c6ccccc65)cc4)cc3)c3ccc4c(ccc5ccccc54)c3)cc2)c1. The Bertz CT molecular complexity index is 4280. The van der Waals surface area contributed by atoms with Crippen molar-refractivity contribution in [2.24, 2.45) is 0 Å². The molecule has 0 bridgehead atoms. The normalized spacial score (nSPS) is 11.7. The summed E-state index contributed by atoms with van der Waals surface area (Å²) in [5.41, 5.74) is 17.9. The number of rotatable bonds is 8. The van der Waals surface area contributed by atoms with Gasteiger partial charge in [-0.1, -0.05) is 206 Å². The number of aromatic nitrogens is 1. The summed E-state index contributed by atoms with van der Waals surface area (Å²) in [4.78, 5) is 2.37. The second kappa shape index (κ2) is 16.7. The van der Waals surface area contributed by atoms with E-state index >= 15 is 0 Å². The van der Waals surface area contributed by atoms with Crippen molar-refractivity contribution in [1.29, 1.82) is 0 Å². The molecule has 0 fully saturated rings. The molecule has 0 atom stereocenters. The van der Waals surface area contributed by atoms with Gasteiger partial charge in [0.15, 0.2) is 0 Å². The number of nitrogens with zero attached hydrogens (tertiary/aromatic N) is 2. The van der Waals surface area contributed by atoms with E-state index < -0.39 is 0 Å². The predicted octanol–water partition coefficient (Wildman–Crippen LogP) is 19.1. The largest absolute Gasteiger partial charge is 0.455 e. The minimum Gasteiger partial charge on any atom is -0.455 e. The van der Waals surface area contributed by atoms with E-state index in [-0.39, 0.29) is 0 Å². The average molecular weight is 905 g/mol. The van der Waals surface area contributed by atoms with E-state index in [1.165, 1.54) is 65.7 Å². The Hall–Kier alpha value is -9.44. The Labute approximate surface area is 411 Å². The van der Waals surface area contributed by atoms with Crippen LogP contribution in [0.25, 0.3) is 115 Å². The second-order valence-electron chi connectivity index (χ2n) is 18.4. The fourth-order valence-corrected chi connectivity index (χ4v) is 11.0. The Kier molecular flexibility index (Phi) is 9.53. The Balaban J connectivity index is 0.825. The minimum atomic E-state index is 0.901. The molecule has 0 aliphatic rings. The van der Waals surface area contributed by atoms with E-state index in [0.29, 0.717) is 0 Å². The Morgan fingerprint density at radius 2 is 0.761 bits per heavy atom. The van der Waals surface area contributed by atoms with Gasteiger partial charge in [0.25, 0.3) is 0 Å². The molecule has 0 aliphatic heterocycles. The van der Waals surface area contributed by atoms with Gasteiger partial charge in [0.05, 0.1) is 16.7 Å². The highest BCUT2D eigenvalue weighted by Gasteiger charge is 2.19. The van der Waals surface area contributed by atoms with Crippen LogP contribution < -0.4 is 4.90 Å². The molecule has 14 aromatic rings. The topological polar surface area (TPSA) is 21.3 Å². The van der Waals surface area contributed by atoms with Gasteiger partial charge in [0, 0.05) is 49.7 Å². The van der Waals surface area contributed by atoms with Crippen LogP contribution in [0.3, 0.4) is 0 Å². The van der Waals surface area contributed by atoms with Crippen LogP contribution in [-0.4, -0.2) is 4.57 Å². The quantitative estimate of drug-likeness (QED) is 0.142. The lowest BCUT2D eigenvalue weighted by atomic mass is 9.93. The maximum absolute atomic E-state index is 6.52. The third-order valence-corrected chi connectivity index (χ3v) is 14.4. The maximum Gasteiger partial charge on any atom is 0.143 e. The molecule has 332 valence electrons. The summed E-state index contributed by atoms with van der Waals surface area (Å²) in [5, 5.41) is 9.73. The fraction of sp³-hybridized carbons (Fsp3) is 0. The molecule has 71 heavy (non-hydrogen) atoms. The van der Waals surface area contributed by atoms with Crippen LogP contribution >= 0.6 is 0 Å². The summed E-state index contributed by atoms with van der Waals surface area (Å²) in [5.74, 6) is 0. The molecule has 3 heteroatoms. The van der Waals surface area contributed by atoms with Crippen LogP contribution in [0.5, 0.6) is 0 Å². The standard InChI is InChI=1S/C68H44N2O/c1-2-15-54-47(14-1)32-33-50-44-53(42-43-56(50)54)69(52-40-36-48(37-41-52)55-16-3-4-18-58(55)62-22-13-23-63-61-21-8-12-27-67(61)71-68(62)63)51-38-34-46(35-39-51)45-28-30-49(31-29-45)57-17-5-9-24-64(57)70-65-25-10-6-19-59(65)60-20-7-11-26-66(60)70/h1-44H. The summed E-state index contributed by atoms with van der Waals surface area (Å²) in [6.45, 7) is 0. The summed E-state index contributed by atoms with van der Waals surface area (Å²) in [7, 11) is 0. The highest BCUT2D eigenvalue weighted by atomic mass is 16.3. The van der Waals surface area contributed by atoms with Crippen molar-refractivity contribution in [1.82, 2.24) is 4.57 Å². The third kappa shape index (κ3) is 6.82. The monoisotopic (exact) mass is 904 g/mol. The molecule has 0 saturated heterocycles. The highest BCUT2D eigenvalue weighted by molar-refractivity contribution is 6.12. The Morgan fingerprint density at radius 1 is 0.282 bits per heavy atom. The first-order chi connectivity index (χ1) is 35.2. The molecule has 2 heterocycles. The number of furan rings is 1. The van der Waals surface area contributed by atoms with Crippen molar-refractivity contribution >= 4 is 82.4 Å². The Morgan fingerprint density at radius 3 is 1.49 bits per heavy atom. The van der Waals surface area contributed by atoms with Gasteiger partial charge >= 0.3 is 0 Å². The van der Waals surface area contributed by atoms with Gasteiger partial charge in [-0.2, -0.15) is 0 Å². The van der Waals surface area contributed by atoms with E-state index in [4.69, 9.17) is 4.42 Å². The fourth-order valence-electron chi connectivity index (χ4n) is 11.0. The molecule has 0 amide bonds. The van der Waals surface area contributed by atoms with E-state index in [9.17, 15) is 0 Å². The van der Waals surface area contributed by atoms with E-state index in [1.807, 2.05) is 12.1 Å². The van der Waals surface area contributed by atoms with Crippen LogP contribution in [0.4, 0.5) is 17.1 Å². The lowest BCUT2D eigenvalue weighted by Gasteiger charge is -2.26. The molecular weight excluding hydrogens is 861 g/mol. The number of anilines is 3. The molecule has 3 nitrogen and oxygen atoms in total.